The van der Waals surface area contributed by atoms with Crippen molar-refractivity contribution in [1.82, 2.24) is 4.90 Å². The zero-order valence-corrected chi connectivity index (χ0v) is 9.96. The van der Waals surface area contributed by atoms with Gasteiger partial charge in [-0.15, -0.1) is 0 Å². The molecule has 2 N–H and O–H groups in total. The van der Waals surface area contributed by atoms with E-state index < -0.39 is 0 Å². The lowest BCUT2D eigenvalue weighted by atomic mass is 9.76. The lowest BCUT2D eigenvalue weighted by Crippen LogP contribution is -2.39. The number of rotatable bonds is 3. The highest BCUT2D eigenvalue weighted by Gasteiger charge is 2.26. The molecule has 0 spiro atoms. The quantitative estimate of drug-likeness (QED) is 0.774. The molecule has 2 aliphatic rings. The van der Waals surface area contributed by atoms with Gasteiger partial charge >= 0.3 is 0 Å². The van der Waals surface area contributed by atoms with E-state index in [1.54, 1.807) is 0 Å². The third-order valence-electron chi connectivity index (χ3n) is 4.39. The Bertz CT molecular complexity index is 167. The van der Waals surface area contributed by atoms with E-state index in [1.165, 1.54) is 58.0 Å². The molecule has 1 heterocycles. The van der Waals surface area contributed by atoms with Crippen molar-refractivity contribution in [2.45, 2.75) is 44.9 Å². The van der Waals surface area contributed by atoms with Crippen LogP contribution in [0.3, 0.4) is 0 Å². The van der Waals surface area contributed by atoms with Crippen LogP contribution >= 0.6 is 0 Å². The predicted molar refractivity (Wildman–Crippen MR) is 64.8 cm³/mol. The average Bonchev–Trinajstić information content (AvgIpc) is 2.32. The molecule has 1 aliphatic heterocycles. The summed E-state index contributed by atoms with van der Waals surface area (Å²) in [6, 6.07) is 0. The summed E-state index contributed by atoms with van der Waals surface area (Å²) in [7, 11) is 0. The number of hydrogen-bond donors (Lipinski definition) is 1. The summed E-state index contributed by atoms with van der Waals surface area (Å²) in [5, 5.41) is 0. The first-order chi connectivity index (χ1) is 7.40. The van der Waals surface area contributed by atoms with E-state index in [1.807, 2.05) is 0 Å². The van der Waals surface area contributed by atoms with Crippen LogP contribution in [0.5, 0.6) is 0 Å². The highest BCUT2D eigenvalue weighted by Crippen LogP contribution is 2.35. The van der Waals surface area contributed by atoms with E-state index in [2.05, 4.69) is 4.90 Å². The second-order valence-electron chi connectivity index (χ2n) is 5.37. The molecule has 88 valence electrons. The molecule has 0 bridgehead atoms. The molecular formula is C13H26N2. The molecule has 0 aromatic carbocycles. The van der Waals surface area contributed by atoms with Gasteiger partial charge in [0.05, 0.1) is 0 Å². The van der Waals surface area contributed by atoms with Gasteiger partial charge in [0.15, 0.2) is 0 Å². The third-order valence-corrected chi connectivity index (χ3v) is 4.39. The Morgan fingerprint density at radius 1 is 0.867 bits per heavy atom. The van der Waals surface area contributed by atoms with Gasteiger partial charge in [0.2, 0.25) is 0 Å². The second kappa shape index (κ2) is 5.86. The van der Waals surface area contributed by atoms with Crippen LogP contribution in [0, 0.1) is 11.8 Å². The standard InChI is InChI=1S/C13H26N2/c14-8-11-15-9-6-13(7-10-15)12-4-2-1-3-5-12/h12-13H,1-11,14H2. The molecule has 2 rings (SSSR count). The van der Waals surface area contributed by atoms with Crippen LogP contribution in [0.4, 0.5) is 0 Å². The number of nitrogens with two attached hydrogens (primary N) is 1. The van der Waals surface area contributed by atoms with Gasteiger partial charge in [-0.2, -0.15) is 0 Å². The van der Waals surface area contributed by atoms with E-state index in [-0.39, 0.29) is 0 Å². The molecule has 0 atom stereocenters. The van der Waals surface area contributed by atoms with E-state index in [4.69, 9.17) is 5.73 Å². The monoisotopic (exact) mass is 210 g/mol. The SMILES string of the molecule is NCCN1CCC(C2CCCCC2)CC1. The highest BCUT2D eigenvalue weighted by molar-refractivity contribution is 4.79. The van der Waals surface area contributed by atoms with Crippen molar-refractivity contribution in [3.63, 3.8) is 0 Å². The number of nitrogens with zero attached hydrogens (tertiary/aromatic N) is 1. The molecule has 15 heavy (non-hydrogen) atoms. The van der Waals surface area contributed by atoms with Gasteiger partial charge in [-0.25, -0.2) is 0 Å². The summed E-state index contributed by atoms with van der Waals surface area (Å²) in [6.45, 7) is 4.54. The van der Waals surface area contributed by atoms with Crippen molar-refractivity contribution in [2.24, 2.45) is 17.6 Å². The topological polar surface area (TPSA) is 29.3 Å². The minimum absolute atomic E-state index is 0.827. The fraction of sp³-hybridized carbons (Fsp3) is 1.00. The van der Waals surface area contributed by atoms with Crippen molar-refractivity contribution in [3.8, 4) is 0 Å². The summed E-state index contributed by atoms with van der Waals surface area (Å²) < 4.78 is 0. The maximum Gasteiger partial charge on any atom is 0.0105 e. The normalized spacial score (nSPS) is 27.0. The summed E-state index contributed by atoms with van der Waals surface area (Å²) >= 11 is 0. The van der Waals surface area contributed by atoms with E-state index in [0.717, 1.165) is 24.9 Å². The largest absolute Gasteiger partial charge is 0.329 e. The zero-order chi connectivity index (χ0) is 10.5. The smallest absolute Gasteiger partial charge is 0.0105 e. The van der Waals surface area contributed by atoms with E-state index >= 15 is 0 Å². The van der Waals surface area contributed by atoms with Crippen molar-refractivity contribution in [1.29, 1.82) is 0 Å². The van der Waals surface area contributed by atoms with Gasteiger partial charge in [-0.3, -0.25) is 0 Å². The Kier molecular flexibility index (Phi) is 4.45. The maximum atomic E-state index is 5.60. The molecule has 0 unspecified atom stereocenters. The van der Waals surface area contributed by atoms with E-state index in [9.17, 15) is 0 Å². The van der Waals surface area contributed by atoms with E-state index in [0.29, 0.717) is 0 Å². The summed E-state index contributed by atoms with van der Waals surface area (Å²) in [5.74, 6) is 2.11. The van der Waals surface area contributed by atoms with Crippen LogP contribution in [-0.2, 0) is 0 Å². The molecule has 0 radical (unpaired) electrons. The maximum absolute atomic E-state index is 5.60. The minimum Gasteiger partial charge on any atom is -0.329 e. The highest BCUT2D eigenvalue weighted by atomic mass is 15.1. The van der Waals surface area contributed by atoms with Crippen molar-refractivity contribution >= 4 is 0 Å². The van der Waals surface area contributed by atoms with Crippen LogP contribution in [0.25, 0.3) is 0 Å². The Morgan fingerprint density at radius 2 is 1.47 bits per heavy atom. The lowest BCUT2D eigenvalue weighted by molar-refractivity contribution is 0.129. The fourth-order valence-corrected chi connectivity index (χ4v) is 3.44. The molecule has 1 saturated carbocycles. The van der Waals surface area contributed by atoms with Gasteiger partial charge in [-0.05, 0) is 37.8 Å². The lowest BCUT2D eigenvalue weighted by Gasteiger charge is -2.37. The Labute approximate surface area is 94.2 Å². The molecule has 2 nitrogen and oxygen atoms in total. The molecular weight excluding hydrogens is 184 g/mol. The Hall–Kier alpha value is -0.0800. The van der Waals surface area contributed by atoms with Crippen LogP contribution in [0.1, 0.15) is 44.9 Å². The molecule has 1 aliphatic carbocycles. The molecule has 0 aromatic rings. The summed E-state index contributed by atoms with van der Waals surface area (Å²) in [6.07, 6.45) is 10.4. The zero-order valence-electron chi connectivity index (χ0n) is 9.96. The summed E-state index contributed by atoms with van der Waals surface area (Å²) in [4.78, 5) is 2.54. The second-order valence-corrected chi connectivity index (χ2v) is 5.37. The van der Waals surface area contributed by atoms with Gasteiger partial charge in [0.1, 0.15) is 0 Å². The number of hydrogen-bond acceptors (Lipinski definition) is 2. The van der Waals surface area contributed by atoms with Gasteiger partial charge in [-0.1, -0.05) is 32.1 Å². The van der Waals surface area contributed by atoms with Crippen molar-refractivity contribution < 1.29 is 0 Å². The van der Waals surface area contributed by atoms with Crippen LogP contribution in [0.15, 0.2) is 0 Å². The number of likely N-dealkylation sites (tertiary alicyclic amines) is 1. The minimum atomic E-state index is 0.827. The first kappa shape index (κ1) is 11.4. The fourth-order valence-electron chi connectivity index (χ4n) is 3.44. The Morgan fingerprint density at radius 3 is 2.07 bits per heavy atom. The van der Waals surface area contributed by atoms with Gasteiger partial charge in [0, 0.05) is 13.1 Å². The molecule has 2 heteroatoms. The predicted octanol–water partition coefficient (Wildman–Crippen LogP) is 2.24. The first-order valence-corrected chi connectivity index (χ1v) is 6.82. The van der Waals surface area contributed by atoms with Crippen LogP contribution < -0.4 is 5.73 Å². The molecule has 0 aromatic heterocycles. The molecule has 1 saturated heterocycles. The van der Waals surface area contributed by atoms with Crippen LogP contribution in [0.2, 0.25) is 0 Å². The Balaban J connectivity index is 1.72. The van der Waals surface area contributed by atoms with Crippen molar-refractivity contribution in [2.75, 3.05) is 26.2 Å². The van der Waals surface area contributed by atoms with Gasteiger partial charge < -0.3 is 10.6 Å². The van der Waals surface area contributed by atoms with Crippen molar-refractivity contribution in [3.05, 3.63) is 0 Å². The molecule has 0 amide bonds. The van der Waals surface area contributed by atoms with Gasteiger partial charge in [0.25, 0.3) is 0 Å². The summed E-state index contributed by atoms with van der Waals surface area (Å²) in [5.41, 5.74) is 5.60. The average molecular weight is 210 g/mol. The van der Waals surface area contributed by atoms with Crippen LogP contribution in [-0.4, -0.2) is 31.1 Å². The first-order valence-electron chi connectivity index (χ1n) is 6.82. The third kappa shape index (κ3) is 3.18. The number of piperidine rings is 1. The molecule has 2 fully saturated rings.